The minimum Gasteiger partial charge on any atom is -0.310 e. The second kappa shape index (κ2) is 15.1. The first-order chi connectivity index (χ1) is 29.8. The Hall–Kier alpha value is -7.94. The zero-order valence-electron chi connectivity index (χ0n) is 33.0. The minimum atomic E-state index is 1.07. The van der Waals surface area contributed by atoms with E-state index in [1.807, 2.05) is 0 Å². The molecule has 60 heavy (non-hydrogen) atoms. The van der Waals surface area contributed by atoms with Crippen molar-refractivity contribution >= 4 is 49.6 Å². The lowest BCUT2D eigenvalue weighted by atomic mass is 9.95. The maximum atomic E-state index is 2.47. The van der Waals surface area contributed by atoms with Crippen LogP contribution >= 0.6 is 0 Å². The van der Waals surface area contributed by atoms with Crippen molar-refractivity contribution in [3.63, 3.8) is 0 Å². The van der Waals surface area contributed by atoms with Gasteiger partial charge in [0.25, 0.3) is 0 Å². The maximum absolute atomic E-state index is 2.47. The van der Waals surface area contributed by atoms with E-state index in [2.05, 4.69) is 252 Å². The van der Waals surface area contributed by atoms with Crippen LogP contribution in [0.5, 0.6) is 0 Å². The molecule has 0 N–H and O–H groups in total. The van der Waals surface area contributed by atoms with E-state index in [0.29, 0.717) is 0 Å². The van der Waals surface area contributed by atoms with Crippen LogP contribution in [0.2, 0.25) is 0 Å². The molecule has 0 saturated carbocycles. The molecule has 0 unspecified atom stereocenters. The monoisotopic (exact) mass is 764 g/mol. The van der Waals surface area contributed by atoms with Gasteiger partial charge in [0.1, 0.15) is 0 Å². The second-order valence-electron chi connectivity index (χ2n) is 15.3. The molecule has 11 aromatic rings. The lowest BCUT2D eigenvalue weighted by molar-refractivity contribution is 1.18. The van der Waals surface area contributed by atoms with Gasteiger partial charge in [-0.1, -0.05) is 194 Å². The van der Waals surface area contributed by atoms with Crippen LogP contribution in [0.1, 0.15) is 0 Å². The van der Waals surface area contributed by atoms with Crippen LogP contribution in [-0.2, 0) is 0 Å². The van der Waals surface area contributed by atoms with Crippen LogP contribution in [-0.4, -0.2) is 4.57 Å². The van der Waals surface area contributed by atoms with Crippen LogP contribution in [0.25, 0.3) is 82.8 Å². The molecule has 0 spiro atoms. The first-order valence-corrected chi connectivity index (χ1v) is 20.6. The molecule has 282 valence electrons. The fourth-order valence-corrected chi connectivity index (χ4v) is 9.00. The summed E-state index contributed by atoms with van der Waals surface area (Å²) in [5.74, 6) is 0. The van der Waals surface area contributed by atoms with Crippen molar-refractivity contribution < 1.29 is 0 Å². The Balaban J connectivity index is 1.22. The Bertz CT molecular complexity index is 3240. The molecule has 0 amide bonds. The van der Waals surface area contributed by atoms with Gasteiger partial charge in [-0.25, -0.2) is 0 Å². The standard InChI is InChI=1S/C58H40N2/c1-5-19-41(20-6-1)45-37-46(42-21-7-2-8-22-42)39-48(38-45)59(57-36-35-49(43-23-9-3-10-24-43)51-28-13-14-29-52(51)57)47-33-34-54-53-30-16-18-32-56(53)60(58(54)40-47)55-31-17-15-27-50(55)44-25-11-4-12-26-44/h1-40H. The molecule has 0 aliphatic rings. The molecule has 11 rings (SSSR count). The largest absolute Gasteiger partial charge is 0.310 e. The Morgan fingerprint density at radius 3 is 1.42 bits per heavy atom. The molecule has 0 atom stereocenters. The molecule has 0 bridgehead atoms. The van der Waals surface area contributed by atoms with Crippen molar-refractivity contribution in [1.29, 1.82) is 0 Å². The fourth-order valence-electron chi connectivity index (χ4n) is 9.00. The SMILES string of the molecule is c1ccc(-c2cc(-c3ccccc3)cc(N(c3ccc4c5ccccc5n(-c5ccccc5-c5ccccc5)c4c3)c3ccc(-c4ccccc4)c4ccccc34)c2)cc1. The number of fused-ring (bicyclic) bond motifs is 4. The summed E-state index contributed by atoms with van der Waals surface area (Å²) >= 11 is 0. The molecular formula is C58H40N2. The average Bonchev–Trinajstić information content (AvgIpc) is 3.66. The number of benzene rings is 10. The first-order valence-electron chi connectivity index (χ1n) is 20.6. The van der Waals surface area contributed by atoms with Crippen LogP contribution in [0, 0.1) is 0 Å². The number of hydrogen-bond acceptors (Lipinski definition) is 1. The Labute approximate surface area is 350 Å². The highest BCUT2D eigenvalue weighted by molar-refractivity contribution is 6.12. The first kappa shape index (κ1) is 35.2. The Morgan fingerprint density at radius 2 is 0.767 bits per heavy atom. The number of nitrogens with zero attached hydrogens (tertiary/aromatic N) is 2. The van der Waals surface area contributed by atoms with Crippen molar-refractivity contribution in [1.82, 2.24) is 4.57 Å². The predicted molar refractivity (Wildman–Crippen MR) is 255 cm³/mol. The molecule has 0 fully saturated rings. The summed E-state index contributed by atoms with van der Waals surface area (Å²) in [6, 6.07) is 88.0. The topological polar surface area (TPSA) is 8.17 Å². The van der Waals surface area contributed by atoms with Crippen LogP contribution < -0.4 is 4.90 Å². The van der Waals surface area contributed by atoms with E-state index in [4.69, 9.17) is 0 Å². The van der Waals surface area contributed by atoms with Gasteiger partial charge in [0.2, 0.25) is 0 Å². The van der Waals surface area contributed by atoms with E-state index in [1.54, 1.807) is 0 Å². The molecule has 0 saturated heterocycles. The minimum absolute atomic E-state index is 1.07. The average molecular weight is 765 g/mol. The van der Waals surface area contributed by atoms with Gasteiger partial charge in [0, 0.05) is 33.1 Å². The lowest BCUT2D eigenvalue weighted by Gasteiger charge is -2.29. The van der Waals surface area contributed by atoms with E-state index >= 15 is 0 Å². The van der Waals surface area contributed by atoms with E-state index in [9.17, 15) is 0 Å². The normalized spacial score (nSPS) is 11.3. The van der Waals surface area contributed by atoms with Gasteiger partial charge in [-0.3, -0.25) is 0 Å². The highest BCUT2D eigenvalue weighted by Crippen LogP contribution is 2.46. The zero-order valence-corrected chi connectivity index (χ0v) is 33.0. The predicted octanol–water partition coefficient (Wildman–Crippen LogP) is 16.1. The molecule has 2 nitrogen and oxygen atoms in total. The summed E-state index contributed by atoms with van der Waals surface area (Å²) in [6.07, 6.45) is 0. The molecule has 1 heterocycles. The van der Waals surface area contributed by atoms with Gasteiger partial charge in [-0.15, -0.1) is 0 Å². The number of para-hydroxylation sites is 2. The lowest BCUT2D eigenvalue weighted by Crippen LogP contribution is -2.11. The molecule has 0 aliphatic heterocycles. The highest BCUT2D eigenvalue weighted by Gasteiger charge is 2.22. The fraction of sp³-hybridized carbons (Fsp3) is 0. The van der Waals surface area contributed by atoms with E-state index < -0.39 is 0 Å². The van der Waals surface area contributed by atoms with Gasteiger partial charge in [-0.05, 0) is 92.9 Å². The summed E-state index contributed by atoms with van der Waals surface area (Å²) in [4.78, 5) is 2.47. The smallest absolute Gasteiger partial charge is 0.0562 e. The van der Waals surface area contributed by atoms with E-state index in [1.165, 1.54) is 60.4 Å². The third-order valence-corrected chi connectivity index (χ3v) is 11.8. The van der Waals surface area contributed by atoms with Crippen molar-refractivity contribution in [2.45, 2.75) is 0 Å². The van der Waals surface area contributed by atoms with Crippen LogP contribution in [0.3, 0.4) is 0 Å². The molecule has 2 heteroatoms. The summed E-state index contributed by atoms with van der Waals surface area (Å²) in [6.45, 7) is 0. The highest BCUT2D eigenvalue weighted by atomic mass is 15.1. The summed E-state index contributed by atoms with van der Waals surface area (Å²) in [5.41, 5.74) is 16.2. The molecular weight excluding hydrogens is 725 g/mol. The number of aromatic nitrogens is 1. The van der Waals surface area contributed by atoms with Gasteiger partial charge in [-0.2, -0.15) is 0 Å². The molecule has 0 radical (unpaired) electrons. The van der Waals surface area contributed by atoms with Gasteiger partial charge in [0.05, 0.1) is 22.4 Å². The van der Waals surface area contributed by atoms with Crippen molar-refractivity contribution in [2.75, 3.05) is 4.90 Å². The molecule has 10 aromatic carbocycles. The zero-order chi connectivity index (χ0) is 39.8. The number of hydrogen-bond donors (Lipinski definition) is 0. The van der Waals surface area contributed by atoms with Crippen molar-refractivity contribution in [3.8, 4) is 50.2 Å². The van der Waals surface area contributed by atoms with E-state index in [0.717, 1.165) is 39.4 Å². The quantitative estimate of drug-likeness (QED) is 0.150. The summed E-state index contributed by atoms with van der Waals surface area (Å²) in [5, 5.41) is 4.83. The number of anilines is 3. The van der Waals surface area contributed by atoms with Crippen molar-refractivity contribution in [2.24, 2.45) is 0 Å². The Morgan fingerprint density at radius 1 is 0.267 bits per heavy atom. The Kier molecular flexibility index (Phi) is 8.87. The van der Waals surface area contributed by atoms with Crippen LogP contribution in [0.15, 0.2) is 243 Å². The van der Waals surface area contributed by atoms with E-state index in [-0.39, 0.29) is 0 Å². The van der Waals surface area contributed by atoms with Crippen LogP contribution in [0.4, 0.5) is 17.1 Å². The maximum Gasteiger partial charge on any atom is 0.0562 e. The summed E-state index contributed by atoms with van der Waals surface area (Å²) in [7, 11) is 0. The van der Waals surface area contributed by atoms with Gasteiger partial charge < -0.3 is 9.47 Å². The second-order valence-corrected chi connectivity index (χ2v) is 15.3. The third-order valence-electron chi connectivity index (χ3n) is 11.8. The number of rotatable bonds is 8. The van der Waals surface area contributed by atoms with Gasteiger partial charge >= 0.3 is 0 Å². The molecule has 0 aliphatic carbocycles. The molecule has 1 aromatic heterocycles. The summed E-state index contributed by atoms with van der Waals surface area (Å²) < 4.78 is 2.46. The van der Waals surface area contributed by atoms with Crippen molar-refractivity contribution in [3.05, 3.63) is 243 Å². The van der Waals surface area contributed by atoms with Gasteiger partial charge in [0.15, 0.2) is 0 Å². The third kappa shape index (κ3) is 6.23.